The largest absolute Gasteiger partial charge is 0.507 e. The number of aromatic hydroxyl groups is 1. The van der Waals surface area contributed by atoms with Gasteiger partial charge in [-0.15, -0.1) is 0 Å². The van der Waals surface area contributed by atoms with E-state index in [9.17, 15) is 5.11 Å². The van der Waals surface area contributed by atoms with Crippen molar-refractivity contribution in [1.82, 2.24) is 9.80 Å². The normalized spacial score (nSPS) is 16.7. The zero-order valence-corrected chi connectivity index (χ0v) is 16.5. The van der Waals surface area contributed by atoms with Crippen LogP contribution in [0.25, 0.3) is 0 Å². The van der Waals surface area contributed by atoms with Gasteiger partial charge in [0.1, 0.15) is 10.1 Å². The van der Waals surface area contributed by atoms with Crippen LogP contribution in [0.3, 0.4) is 0 Å². The van der Waals surface area contributed by atoms with Gasteiger partial charge in [-0.2, -0.15) is 0 Å². The highest BCUT2D eigenvalue weighted by Gasteiger charge is 2.21. The minimum atomic E-state index is -0.0620. The van der Waals surface area contributed by atoms with Crippen LogP contribution < -0.4 is 0 Å². The van der Waals surface area contributed by atoms with Crippen LogP contribution in [0, 0.1) is 6.92 Å². The van der Waals surface area contributed by atoms with Gasteiger partial charge >= 0.3 is 0 Å². The van der Waals surface area contributed by atoms with Crippen LogP contribution in [-0.2, 0) is 11.2 Å². The second-order valence-corrected chi connectivity index (χ2v) is 9.01. The van der Waals surface area contributed by atoms with E-state index in [-0.39, 0.29) is 5.41 Å². The summed E-state index contributed by atoms with van der Waals surface area (Å²) >= 11 is 7.33. The molecular weight excluding hydrogens is 324 g/mol. The average Bonchev–Trinajstić information content (AvgIpc) is 2.47. The molecular formula is C18H28N2OS2. The molecule has 1 heterocycles. The number of phenols is 1. The van der Waals surface area contributed by atoms with E-state index in [1.807, 2.05) is 6.92 Å². The second kappa shape index (κ2) is 7.41. The Kier molecular flexibility index (Phi) is 5.98. The number of rotatable bonds is 2. The van der Waals surface area contributed by atoms with E-state index in [2.05, 4.69) is 49.8 Å². The molecule has 0 aliphatic carbocycles. The number of thiocarbonyl (C=S) groups is 1. The molecule has 5 heteroatoms. The van der Waals surface area contributed by atoms with Crippen molar-refractivity contribution in [3.8, 4) is 5.75 Å². The van der Waals surface area contributed by atoms with Crippen LogP contribution in [0.5, 0.6) is 5.75 Å². The number of thioether (sulfide) groups is 1. The molecule has 1 aromatic carbocycles. The van der Waals surface area contributed by atoms with Crippen LogP contribution in [0.15, 0.2) is 12.1 Å². The standard InChI is InChI=1S/C18H28N2OS2/c1-13-10-14(11-15(16(13)21)18(2,3)4)12-23-17(22)20-8-6-19(5)7-9-20/h10-11,21H,6-9,12H2,1-5H3. The first kappa shape index (κ1) is 18.6. The van der Waals surface area contributed by atoms with Crippen molar-refractivity contribution in [2.24, 2.45) is 0 Å². The Labute approximate surface area is 150 Å². The molecule has 23 heavy (non-hydrogen) atoms. The summed E-state index contributed by atoms with van der Waals surface area (Å²) < 4.78 is 0.987. The number of aryl methyl sites for hydroxylation is 1. The van der Waals surface area contributed by atoms with Gasteiger partial charge in [0.15, 0.2) is 0 Å². The number of benzene rings is 1. The van der Waals surface area contributed by atoms with Gasteiger partial charge in [0.05, 0.1) is 0 Å². The molecule has 1 saturated heterocycles. The molecule has 1 aliphatic rings. The molecule has 0 spiro atoms. The van der Waals surface area contributed by atoms with E-state index in [1.165, 1.54) is 5.56 Å². The third-order valence-corrected chi connectivity index (χ3v) is 5.89. The lowest BCUT2D eigenvalue weighted by molar-refractivity contribution is 0.220. The van der Waals surface area contributed by atoms with E-state index in [0.29, 0.717) is 5.75 Å². The predicted molar refractivity (Wildman–Crippen MR) is 105 cm³/mol. The number of phenolic OH excluding ortho intramolecular Hbond substituents is 1. The number of hydrogen-bond donors (Lipinski definition) is 1. The third kappa shape index (κ3) is 4.85. The highest BCUT2D eigenvalue weighted by Crippen LogP contribution is 2.35. The van der Waals surface area contributed by atoms with Crippen molar-refractivity contribution in [2.75, 3.05) is 33.2 Å². The first-order valence-electron chi connectivity index (χ1n) is 8.11. The Morgan fingerprint density at radius 1 is 1.22 bits per heavy atom. The summed E-state index contributed by atoms with van der Waals surface area (Å²) in [6.45, 7) is 12.6. The number of nitrogens with zero attached hydrogens (tertiary/aromatic N) is 2. The molecule has 0 unspecified atom stereocenters. The molecule has 0 aromatic heterocycles. The zero-order valence-electron chi connectivity index (χ0n) is 14.8. The molecule has 1 N–H and O–H groups in total. The van der Waals surface area contributed by atoms with Crippen molar-refractivity contribution in [3.05, 3.63) is 28.8 Å². The minimum absolute atomic E-state index is 0.0620. The molecule has 3 nitrogen and oxygen atoms in total. The summed E-state index contributed by atoms with van der Waals surface area (Å²) in [5.74, 6) is 1.28. The summed E-state index contributed by atoms with van der Waals surface area (Å²) in [5.41, 5.74) is 3.12. The fourth-order valence-corrected chi connectivity index (χ4v) is 3.92. The fraction of sp³-hybridized carbons (Fsp3) is 0.611. The van der Waals surface area contributed by atoms with Crippen LogP contribution >= 0.6 is 24.0 Å². The molecule has 1 aromatic rings. The van der Waals surface area contributed by atoms with Gasteiger partial charge in [-0.3, -0.25) is 0 Å². The topological polar surface area (TPSA) is 26.7 Å². The predicted octanol–water partition coefficient (Wildman–Crippen LogP) is 3.76. The van der Waals surface area contributed by atoms with Gasteiger partial charge in [0.25, 0.3) is 0 Å². The molecule has 0 bridgehead atoms. The van der Waals surface area contributed by atoms with Gasteiger partial charge in [-0.05, 0) is 36.1 Å². The van der Waals surface area contributed by atoms with Crippen LogP contribution in [0.4, 0.5) is 0 Å². The highest BCUT2D eigenvalue weighted by molar-refractivity contribution is 8.22. The van der Waals surface area contributed by atoms with Crippen LogP contribution in [0.1, 0.15) is 37.5 Å². The molecule has 2 rings (SSSR count). The van der Waals surface area contributed by atoms with Gasteiger partial charge in [-0.25, -0.2) is 0 Å². The fourth-order valence-electron chi connectivity index (χ4n) is 2.73. The molecule has 1 fully saturated rings. The summed E-state index contributed by atoms with van der Waals surface area (Å²) in [7, 11) is 2.15. The lowest BCUT2D eigenvalue weighted by Crippen LogP contribution is -2.45. The van der Waals surface area contributed by atoms with E-state index < -0.39 is 0 Å². The maximum atomic E-state index is 10.3. The number of likely N-dealkylation sites (N-methyl/N-ethyl adjacent to an activating group) is 1. The van der Waals surface area contributed by atoms with Gasteiger partial charge in [-0.1, -0.05) is 56.9 Å². The first-order valence-corrected chi connectivity index (χ1v) is 9.51. The van der Waals surface area contributed by atoms with Crippen molar-refractivity contribution < 1.29 is 5.11 Å². The average molecular weight is 353 g/mol. The Morgan fingerprint density at radius 3 is 2.39 bits per heavy atom. The third-order valence-electron chi connectivity index (χ3n) is 4.29. The van der Waals surface area contributed by atoms with E-state index >= 15 is 0 Å². The Balaban J connectivity index is 2.03. The van der Waals surface area contributed by atoms with E-state index in [1.54, 1.807) is 11.8 Å². The van der Waals surface area contributed by atoms with E-state index in [0.717, 1.165) is 47.4 Å². The molecule has 0 amide bonds. The molecule has 128 valence electrons. The van der Waals surface area contributed by atoms with Crippen LogP contribution in [-0.4, -0.2) is 52.5 Å². The van der Waals surface area contributed by atoms with Gasteiger partial charge in [0.2, 0.25) is 0 Å². The summed E-state index contributed by atoms with van der Waals surface area (Å²) in [4.78, 5) is 4.64. The molecule has 0 radical (unpaired) electrons. The minimum Gasteiger partial charge on any atom is -0.507 e. The maximum Gasteiger partial charge on any atom is 0.136 e. The van der Waals surface area contributed by atoms with Gasteiger partial charge < -0.3 is 14.9 Å². The Morgan fingerprint density at radius 2 is 1.83 bits per heavy atom. The SMILES string of the molecule is Cc1cc(CSC(=S)N2CCN(C)CC2)cc(C(C)(C)C)c1O. The monoisotopic (exact) mass is 352 g/mol. The first-order chi connectivity index (χ1) is 10.7. The highest BCUT2D eigenvalue weighted by atomic mass is 32.2. The number of hydrogen-bond acceptors (Lipinski definition) is 4. The lowest BCUT2D eigenvalue weighted by atomic mass is 9.84. The molecule has 0 saturated carbocycles. The smallest absolute Gasteiger partial charge is 0.136 e. The summed E-state index contributed by atoms with van der Waals surface area (Å²) in [6.07, 6.45) is 0. The maximum absolute atomic E-state index is 10.3. The zero-order chi connectivity index (χ0) is 17.2. The molecule has 0 atom stereocenters. The van der Waals surface area contributed by atoms with Crippen LogP contribution in [0.2, 0.25) is 0 Å². The van der Waals surface area contributed by atoms with Crippen molar-refractivity contribution >= 4 is 28.3 Å². The van der Waals surface area contributed by atoms with Crippen molar-refractivity contribution in [2.45, 2.75) is 38.9 Å². The lowest BCUT2D eigenvalue weighted by Gasteiger charge is -2.33. The van der Waals surface area contributed by atoms with Gasteiger partial charge in [0, 0.05) is 31.9 Å². The Hall–Kier alpha value is -0.780. The quantitative estimate of drug-likeness (QED) is 0.818. The van der Waals surface area contributed by atoms with Crippen molar-refractivity contribution in [3.63, 3.8) is 0 Å². The second-order valence-electron chi connectivity index (χ2n) is 7.40. The number of piperazine rings is 1. The summed E-state index contributed by atoms with van der Waals surface area (Å²) in [6, 6.07) is 4.20. The van der Waals surface area contributed by atoms with E-state index in [4.69, 9.17) is 12.2 Å². The Bertz CT molecular complexity index is 573. The summed E-state index contributed by atoms with van der Waals surface area (Å²) in [5, 5.41) is 10.3. The molecule has 1 aliphatic heterocycles. The van der Waals surface area contributed by atoms with Crippen molar-refractivity contribution in [1.29, 1.82) is 0 Å².